The van der Waals surface area contributed by atoms with Crippen molar-refractivity contribution in [3.8, 4) is 5.75 Å². The van der Waals surface area contributed by atoms with Crippen LogP contribution in [0.25, 0.3) is 0 Å². The Balaban J connectivity index is 1.98. The molecule has 0 bridgehead atoms. The summed E-state index contributed by atoms with van der Waals surface area (Å²) in [5, 5.41) is 7.13. The molecule has 0 spiro atoms. The summed E-state index contributed by atoms with van der Waals surface area (Å²) in [6.45, 7) is 4.00. The molecule has 0 aliphatic carbocycles. The molecule has 0 fully saturated rings. The molecule has 0 saturated carbocycles. The predicted octanol–water partition coefficient (Wildman–Crippen LogP) is 2.68. The van der Waals surface area contributed by atoms with Crippen molar-refractivity contribution in [2.75, 3.05) is 5.32 Å². The van der Waals surface area contributed by atoms with Gasteiger partial charge in [0.1, 0.15) is 11.6 Å². The average Bonchev–Trinajstić information content (AvgIpc) is 2.79. The van der Waals surface area contributed by atoms with Crippen LogP contribution in [0.4, 0.5) is 5.82 Å². The minimum atomic E-state index is 0.0197. The molecule has 0 radical (unpaired) electrons. The monoisotopic (exact) mass is 285 g/mol. The highest BCUT2D eigenvalue weighted by Crippen LogP contribution is 2.37. The van der Waals surface area contributed by atoms with Gasteiger partial charge in [0.05, 0.1) is 12.3 Å². The van der Waals surface area contributed by atoms with Gasteiger partial charge in [-0.05, 0) is 31.5 Å². The zero-order valence-corrected chi connectivity index (χ0v) is 12.5. The van der Waals surface area contributed by atoms with Crippen LogP contribution in [0.3, 0.4) is 0 Å². The van der Waals surface area contributed by atoms with Gasteiger partial charge < -0.3 is 10.1 Å². The number of carbonyl (C=O) groups is 1. The fourth-order valence-corrected chi connectivity index (χ4v) is 2.72. The second-order valence-corrected chi connectivity index (χ2v) is 5.62. The van der Waals surface area contributed by atoms with E-state index in [2.05, 4.69) is 10.4 Å². The third-order valence-corrected chi connectivity index (χ3v) is 3.62. The number of aromatic nitrogens is 2. The van der Waals surface area contributed by atoms with Crippen molar-refractivity contribution >= 4 is 11.7 Å². The van der Waals surface area contributed by atoms with E-state index in [1.54, 1.807) is 4.68 Å². The Bertz CT molecular complexity index is 676. The summed E-state index contributed by atoms with van der Waals surface area (Å²) in [7, 11) is 1.83. The first-order chi connectivity index (χ1) is 10.0. The highest BCUT2D eigenvalue weighted by atomic mass is 16.5. The lowest BCUT2D eigenvalue weighted by molar-refractivity contribution is -0.116. The molecule has 1 aliphatic rings. The Hall–Kier alpha value is -2.30. The summed E-state index contributed by atoms with van der Waals surface area (Å²) in [4.78, 5) is 11.9. The maximum absolute atomic E-state index is 11.9. The highest BCUT2D eigenvalue weighted by molar-refractivity contribution is 5.94. The molecule has 1 atom stereocenters. The summed E-state index contributed by atoms with van der Waals surface area (Å²) in [6.07, 6.45) is 2.39. The molecule has 3 rings (SSSR count). The van der Waals surface area contributed by atoms with Gasteiger partial charge in [0.2, 0.25) is 5.91 Å². The molecule has 1 aliphatic heterocycles. The van der Waals surface area contributed by atoms with Crippen LogP contribution in [-0.2, 0) is 11.8 Å². The molecule has 5 heteroatoms. The average molecular weight is 285 g/mol. The van der Waals surface area contributed by atoms with E-state index in [0.29, 0.717) is 6.42 Å². The third-order valence-electron chi connectivity index (χ3n) is 3.62. The van der Waals surface area contributed by atoms with E-state index in [1.165, 1.54) is 0 Å². The van der Waals surface area contributed by atoms with Crippen molar-refractivity contribution in [1.29, 1.82) is 0 Å². The molecule has 1 amide bonds. The van der Waals surface area contributed by atoms with Crippen molar-refractivity contribution in [2.24, 2.45) is 7.05 Å². The van der Waals surface area contributed by atoms with Crippen LogP contribution >= 0.6 is 0 Å². The van der Waals surface area contributed by atoms with E-state index >= 15 is 0 Å². The molecule has 1 aromatic carbocycles. The topological polar surface area (TPSA) is 56.1 Å². The highest BCUT2D eigenvalue weighted by Gasteiger charge is 2.29. The molecular formula is C16H19N3O2. The predicted molar refractivity (Wildman–Crippen MR) is 80.5 cm³/mol. The van der Waals surface area contributed by atoms with Gasteiger partial charge in [-0.25, -0.2) is 0 Å². The zero-order chi connectivity index (χ0) is 15.0. The maximum atomic E-state index is 11.9. The number of ether oxygens (including phenoxy) is 1. The number of nitrogens with zero attached hydrogens (tertiary/aromatic N) is 2. The van der Waals surface area contributed by atoms with E-state index in [0.717, 1.165) is 22.7 Å². The first-order valence-electron chi connectivity index (χ1n) is 7.13. The summed E-state index contributed by atoms with van der Waals surface area (Å²) >= 11 is 0. The zero-order valence-electron chi connectivity index (χ0n) is 12.5. The lowest BCUT2D eigenvalue weighted by Gasteiger charge is -2.23. The number of hydrogen-bond acceptors (Lipinski definition) is 3. The molecule has 2 aromatic rings. The molecule has 1 N–H and O–H groups in total. The largest absolute Gasteiger partial charge is 0.491 e. The fourth-order valence-electron chi connectivity index (χ4n) is 2.72. The SMILES string of the molecule is CC(C)Oc1cccc([C@H]2CC(=O)Nc3c2cnn3C)c1. The van der Waals surface area contributed by atoms with Crippen molar-refractivity contribution in [2.45, 2.75) is 32.3 Å². The van der Waals surface area contributed by atoms with Crippen molar-refractivity contribution < 1.29 is 9.53 Å². The number of rotatable bonds is 3. The first-order valence-corrected chi connectivity index (χ1v) is 7.13. The quantitative estimate of drug-likeness (QED) is 0.943. The van der Waals surface area contributed by atoms with E-state index in [9.17, 15) is 4.79 Å². The Labute approximate surface area is 123 Å². The maximum Gasteiger partial charge on any atom is 0.226 e. The van der Waals surface area contributed by atoms with Crippen LogP contribution in [0, 0.1) is 0 Å². The fraction of sp³-hybridized carbons (Fsp3) is 0.375. The number of aryl methyl sites for hydroxylation is 1. The second-order valence-electron chi connectivity index (χ2n) is 5.62. The van der Waals surface area contributed by atoms with E-state index in [1.807, 2.05) is 51.4 Å². The normalized spacial score (nSPS) is 17.5. The molecule has 0 unspecified atom stereocenters. The molecule has 2 heterocycles. The number of fused-ring (bicyclic) bond motifs is 1. The number of anilines is 1. The minimum absolute atomic E-state index is 0.0197. The Morgan fingerprint density at radius 3 is 3.00 bits per heavy atom. The van der Waals surface area contributed by atoms with Gasteiger partial charge in [-0.15, -0.1) is 0 Å². The number of hydrogen-bond donors (Lipinski definition) is 1. The molecule has 21 heavy (non-hydrogen) atoms. The van der Waals surface area contributed by atoms with Gasteiger partial charge in [-0.1, -0.05) is 12.1 Å². The summed E-state index contributed by atoms with van der Waals surface area (Å²) in [5.74, 6) is 1.66. The summed E-state index contributed by atoms with van der Waals surface area (Å²) in [6, 6.07) is 7.96. The van der Waals surface area contributed by atoms with Crippen LogP contribution in [0.5, 0.6) is 5.75 Å². The standard InChI is InChI=1S/C16H19N3O2/c1-10(2)21-12-6-4-5-11(7-12)13-8-15(20)18-16-14(13)9-17-19(16)3/h4-7,9-10,13H,8H2,1-3H3,(H,18,20)/t13-/m1/s1. The minimum Gasteiger partial charge on any atom is -0.491 e. The summed E-state index contributed by atoms with van der Waals surface area (Å²) in [5.41, 5.74) is 2.14. The van der Waals surface area contributed by atoms with Crippen LogP contribution < -0.4 is 10.1 Å². The van der Waals surface area contributed by atoms with Crippen molar-refractivity contribution in [1.82, 2.24) is 9.78 Å². The van der Waals surface area contributed by atoms with Crippen molar-refractivity contribution in [3.05, 3.63) is 41.6 Å². The molecular weight excluding hydrogens is 266 g/mol. The van der Waals surface area contributed by atoms with E-state index in [-0.39, 0.29) is 17.9 Å². The van der Waals surface area contributed by atoms with Crippen LogP contribution in [0.1, 0.15) is 37.3 Å². The number of benzene rings is 1. The van der Waals surface area contributed by atoms with Gasteiger partial charge in [0.15, 0.2) is 0 Å². The Morgan fingerprint density at radius 2 is 2.24 bits per heavy atom. The van der Waals surface area contributed by atoms with E-state index in [4.69, 9.17) is 4.74 Å². The molecule has 110 valence electrons. The molecule has 0 saturated heterocycles. The van der Waals surface area contributed by atoms with Gasteiger partial charge in [0, 0.05) is 24.9 Å². The smallest absolute Gasteiger partial charge is 0.226 e. The number of carbonyl (C=O) groups excluding carboxylic acids is 1. The van der Waals surface area contributed by atoms with Gasteiger partial charge in [-0.2, -0.15) is 5.10 Å². The van der Waals surface area contributed by atoms with Gasteiger partial charge in [-0.3, -0.25) is 9.48 Å². The lowest BCUT2D eigenvalue weighted by Crippen LogP contribution is -2.24. The van der Waals surface area contributed by atoms with Gasteiger partial charge in [0.25, 0.3) is 0 Å². The lowest BCUT2D eigenvalue weighted by atomic mass is 9.87. The Morgan fingerprint density at radius 1 is 1.43 bits per heavy atom. The van der Waals surface area contributed by atoms with E-state index < -0.39 is 0 Å². The third kappa shape index (κ3) is 2.63. The molecule has 5 nitrogen and oxygen atoms in total. The summed E-state index contributed by atoms with van der Waals surface area (Å²) < 4.78 is 7.45. The van der Waals surface area contributed by atoms with Crippen LogP contribution in [-0.4, -0.2) is 21.8 Å². The second kappa shape index (κ2) is 5.24. The number of amides is 1. The van der Waals surface area contributed by atoms with Crippen molar-refractivity contribution in [3.63, 3.8) is 0 Å². The molecule has 1 aromatic heterocycles. The van der Waals surface area contributed by atoms with Crippen LogP contribution in [0.2, 0.25) is 0 Å². The number of nitrogens with one attached hydrogen (secondary N) is 1. The van der Waals surface area contributed by atoms with Gasteiger partial charge >= 0.3 is 0 Å². The first kappa shape index (κ1) is 13.7. The van der Waals surface area contributed by atoms with Crippen LogP contribution in [0.15, 0.2) is 30.5 Å². The Kier molecular flexibility index (Phi) is 3.41.